The molecule has 0 atom stereocenters. The zero-order valence-corrected chi connectivity index (χ0v) is 18.3. The number of Topliss-reactive ketones (excluding diaryl/α,β-unsaturated/α-hetero) is 1. The van der Waals surface area contributed by atoms with Crippen LogP contribution < -0.4 is 9.47 Å². The molecule has 30 heavy (non-hydrogen) atoms. The minimum atomic E-state index is -0.546. The lowest BCUT2D eigenvalue weighted by Crippen LogP contribution is -2.52. The molecule has 0 N–H and O–H groups in total. The molecule has 0 bridgehead atoms. The first-order chi connectivity index (χ1) is 14.4. The molecule has 0 saturated carbocycles. The van der Waals surface area contributed by atoms with Crippen molar-refractivity contribution >= 4 is 34.9 Å². The highest BCUT2D eigenvalue weighted by molar-refractivity contribution is 6.32. The van der Waals surface area contributed by atoms with E-state index in [1.54, 1.807) is 18.2 Å². The Balaban J connectivity index is 1.33. The predicted octanol–water partition coefficient (Wildman–Crippen LogP) is 5.10. The number of ether oxygens (including phenoxy) is 2. The fourth-order valence-corrected chi connectivity index (χ4v) is 4.38. The number of piperidine rings is 1. The molecule has 0 aliphatic carbocycles. The van der Waals surface area contributed by atoms with E-state index in [9.17, 15) is 9.59 Å². The van der Waals surface area contributed by atoms with Gasteiger partial charge in [-0.25, -0.2) is 0 Å². The predicted molar refractivity (Wildman–Crippen MR) is 116 cm³/mol. The van der Waals surface area contributed by atoms with E-state index < -0.39 is 5.60 Å². The Bertz CT molecular complexity index is 983. The fourth-order valence-electron chi connectivity index (χ4n) is 4.03. The number of carbonyl (C=O) groups excluding carboxylic acids is 2. The minimum Gasteiger partial charge on any atom is -0.491 e. The first-order valence-corrected chi connectivity index (χ1v) is 10.8. The molecule has 1 amide bonds. The molecule has 4 rings (SSSR count). The Hall–Kier alpha value is -2.24. The summed E-state index contributed by atoms with van der Waals surface area (Å²) >= 11 is 12.2. The Morgan fingerprint density at radius 1 is 1.17 bits per heavy atom. The summed E-state index contributed by atoms with van der Waals surface area (Å²) in [6.45, 7) is 3.27. The molecule has 158 valence electrons. The number of halogens is 2. The van der Waals surface area contributed by atoms with Crippen molar-refractivity contribution in [3.63, 3.8) is 0 Å². The van der Waals surface area contributed by atoms with E-state index in [4.69, 9.17) is 32.7 Å². The average Bonchev–Trinajstić information content (AvgIpc) is 2.71. The second-order valence-corrected chi connectivity index (χ2v) is 8.71. The average molecular weight is 448 g/mol. The number of fused-ring (bicyclic) bond motifs is 1. The molecular formula is C23H23Cl2NO4. The summed E-state index contributed by atoms with van der Waals surface area (Å²) < 4.78 is 11.9. The van der Waals surface area contributed by atoms with Gasteiger partial charge in [-0.2, -0.15) is 0 Å². The second kappa shape index (κ2) is 8.48. The number of benzene rings is 2. The van der Waals surface area contributed by atoms with Gasteiger partial charge in [-0.1, -0.05) is 35.3 Å². The number of para-hydroxylation sites is 1. The summed E-state index contributed by atoms with van der Waals surface area (Å²) in [5.41, 5.74) is 0.882. The molecule has 5 nitrogen and oxygen atoms in total. The van der Waals surface area contributed by atoms with Crippen molar-refractivity contribution in [2.45, 2.75) is 38.2 Å². The van der Waals surface area contributed by atoms with Crippen molar-refractivity contribution in [3.05, 3.63) is 57.6 Å². The molecular weight excluding hydrogens is 425 g/mol. The number of likely N-dealkylation sites (tertiary alicyclic amines) is 1. The Kier molecular flexibility index (Phi) is 5.94. The van der Waals surface area contributed by atoms with Crippen molar-refractivity contribution in [1.82, 2.24) is 4.90 Å². The Morgan fingerprint density at radius 3 is 2.63 bits per heavy atom. The Labute approximate surface area is 185 Å². The number of aryl methyl sites for hydroxylation is 1. The van der Waals surface area contributed by atoms with Crippen LogP contribution >= 0.6 is 23.2 Å². The van der Waals surface area contributed by atoms with E-state index in [0.717, 1.165) is 5.56 Å². The van der Waals surface area contributed by atoms with Gasteiger partial charge in [-0.3, -0.25) is 9.59 Å². The van der Waals surface area contributed by atoms with Gasteiger partial charge in [0.2, 0.25) is 5.91 Å². The van der Waals surface area contributed by atoms with Gasteiger partial charge in [0.15, 0.2) is 5.78 Å². The first-order valence-electron chi connectivity index (χ1n) is 10.0. The van der Waals surface area contributed by atoms with E-state index in [0.29, 0.717) is 59.5 Å². The third kappa shape index (κ3) is 4.28. The van der Waals surface area contributed by atoms with Gasteiger partial charge in [-0.05, 0) is 36.8 Å². The van der Waals surface area contributed by atoms with E-state index in [1.165, 1.54) is 0 Å². The maximum absolute atomic E-state index is 12.7. The summed E-state index contributed by atoms with van der Waals surface area (Å²) in [5.74, 6) is 1.25. The number of rotatable bonds is 4. The number of ketones is 1. The van der Waals surface area contributed by atoms with Gasteiger partial charge in [0.1, 0.15) is 17.1 Å². The third-order valence-corrected chi connectivity index (χ3v) is 6.53. The molecule has 2 aliphatic heterocycles. The van der Waals surface area contributed by atoms with Crippen LogP contribution in [-0.2, 0) is 4.79 Å². The highest BCUT2D eigenvalue weighted by Crippen LogP contribution is 2.41. The van der Waals surface area contributed by atoms with Crippen LogP contribution in [0.25, 0.3) is 0 Å². The molecule has 7 heteroatoms. The maximum atomic E-state index is 12.7. The summed E-state index contributed by atoms with van der Waals surface area (Å²) in [6.07, 6.45) is 1.84. The lowest BCUT2D eigenvalue weighted by atomic mass is 9.82. The lowest BCUT2D eigenvalue weighted by Gasteiger charge is -2.44. The molecule has 0 unspecified atom stereocenters. The van der Waals surface area contributed by atoms with Crippen molar-refractivity contribution < 1.29 is 19.1 Å². The third-order valence-electron chi connectivity index (χ3n) is 5.81. The molecule has 0 radical (unpaired) electrons. The van der Waals surface area contributed by atoms with E-state index in [-0.39, 0.29) is 24.7 Å². The van der Waals surface area contributed by atoms with Crippen LogP contribution in [0.4, 0.5) is 0 Å². The number of carbonyl (C=O) groups is 2. The van der Waals surface area contributed by atoms with E-state index in [2.05, 4.69) is 0 Å². The van der Waals surface area contributed by atoms with Crippen molar-refractivity contribution in [2.24, 2.45) is 0 Å². The molecule has 2 aromatic carbocycles. The van der Waals surface area contributed by atoms with Gasteiger partial charge >= 0.3 is 0 Å². The monoisotopic (exact) mass is 447 g/mol. The highest BCUT2D eigenvalue weighted by Gasteiger charge is 2.43. The quantitative estimate of drug-likeness (QED) is 0.654. The van der Waals surface area contributed by atoms with Crippen LogP contribution in [0.15, 0.2) is 36.4 Å². The van der Waals surface area contributed by atoms with Crippen molar-refractivity contribution in [3.8, 4) is 11.5 Å². The molecule has 0 aromatic heterocycles. The van der Waals surface area contributed by atoms with Gasteiger partial charge in [0, 0.05) is 31.0 Å². The standard InChI is InChI=1S/C23H23Cl2NO4/c1-15-12-21-16(13-18(15)25)19(27)14-23(30-21)7-9-26(10-8-23)22(28)6-11-29-20-5-3-2-4-17(20)24/h2-5,12-13H,6-11,14H2,1H3. The molecule has 2 aromatic rings. The van der Waals surface area contributed by atoms with Gasteiger partial charge < -0.3 is 14.4 Å². The summed E-state index contributed by atoms with van der Waals surface area (Å²) in [7, 11) is 0. The molecule has 2 aliphatic rings. The molecule has 1 spiro atoms. The number of nitrogens with zero attached hydrogens (tertiary/aromatic N) is 1. The number of amides is 1. The van der Waals surface area contributed by atoms with Crippen LogP contribution in [0.5, 0.6) is 11.5 Å². The van der Waals surface area contributed by atoms with Crippen LogP contribution in [0.2, 0.25) is 10.0 Å². The van der Waals surface area contributed by atoms with E-state index in [1.807, 2.05) is 30.0 Å². The van der Waals surface area contributed by atoms with Crippen LogP contribution in [0.3, 0.4) is 0 Å². The van der Waals surface area contributed by atoms with Crippen LogP contribution in [0, 0.1) is 6.92 Å². The van der Waals surface area contributed by atoms with Gasteiger partial charge in [0.25, 0.3) is 0 Å². The summed E-state index contributed by atoms with van der Waals surface area (Å²) in [6, 6.07) is 10.7. The zero-order chi connectivity index (χ0) is 21.3. The van der Waals surface area contributed by atoms with E-state index >= 15 is 0 Å². The molecule has 1 fully saturated rings. The number of hydrogen-bond donors (Lipinski definition) is 0. The van der Waals surface area contributed by atoms with Gasteiger partial charge in [-0.15, -0.1) is 0 Å². The summed E-state index contributed by atoms with van der Waals surface area (Å²) in [5, 5.41) is 1.10. The van der Waals surface area contributed by atoms with Crippen molar-refractivity contribution in [1.29, 1.82) is 0 Å². The van der Waals surface area contributed by atoms with Crippen molar-refractivity contribution in [2.75, 3.05) is 19.7 Å². The first kappa shape index (κ1) is 21.0. The largest absolute Gasteiger partial charge is 0.491 e. The SMILES string of the molecule is Cc1cc2c(cc1Cl)C(=O)CC1(CCN(C(=O)CCOc3ccccc3Cl)CC1)O2. The maximum Gasteiger partial charge on any atom is 0.226 e. The van der Waals surface area contributed by atoms with Gasteiger partial charge in [0.05, 0.1) is 30.0 Å². The topological polar surface area (TPSA) is 55.8 Å². The fraction of sp³-hybridized carbons (Fsp3) is 0.391. The zero-order valence-electron chi connectivity index (χ0n) is 16.7. The Morgan fingerprint density at radius 2 is 1.90 bits per heavy atom. The molecule has 2 heterocycles. The lowest BCUT2D eigenvalue weighted by molar-refractivity contribution is -0.135. The minimum absolute atomic E-state index is 0.0297. The second-order valence-electron chi connectivity index (χ2n) is 7.89. The number of hydrogen-bond acceptors (Lipinski definition) is 4. The van der Waals surface area contributed by atoms with Crippen LogP contribution in [0.1, 0.15) is 41.6 Å². The molecule has 1 saturated heterocycles. The highest BCUT2D eigenvalue weighted by atomic mass is 35.5. The normalized spacial score (nSPS) is 17.4. The smallest absolute Gasteiger partial charge is 0.226 e. The van der Waals surface area contributed by atoms with Crippen LogP contribution in [-0.4, -0.2) is 41.9 Å². The summed E-state index contributed by atoms with van der Waals surface area (Å²) in [4.78, 5) is 27.1.